The lowest BCUT2D eigenvalue weighted by Gasteiger charge is -2.15. The molecule has 1 N–H and O–H groups in total. The van der Waals surface area contributed by atoms with Crippen molar-refractivity contribution in [2.75, 3.05) is 27.4 Å². The van der Waals surface area contributed by atoms with Crippen LogP contribution in [0.4, 0.5) is 0 Å². The second-order valence-corrected chi connectivity index (χ2v) is 4.50. The first-order valence-electron chi connectivity index (χ1n) is 6.38. The van der Waals surface area contributed by atoms with Gasteiger partial charge in [-0.3, -0.25) is 4.98 Å². The second kappa shape index (κ2) is 7.19. The van der Waals surface area contributed by atoms with E-state index < -0.39 is 0 Å². The van der Waals surface area contributed by atoms with Gasteiger partial charge in [0.1, 0.15) is 0 Å². The fraction of sp³-hybridized carbons (Fsp3) is 0.400. The van der Waals surface area contributed by atoms with Gasteiger partial charge in [-0.25, -0.2) is 0 Å². The van der Waals surface area contributed by atoms with Gasteiger partial charge >= 0.3 is 0 Å². The molecular weight excluding hydrogens is 240 g/mol. The normalized spacial score (nSPS) is 12.7. The number of aromatic nitrogens is 1. The van der Waals surface area contributed by atoms with Crippen LogP contribution in [0, 0.1) is 0 Å². The lowest BCUT2D eigenvalue weighted by atomic mass is 10.1. The van der Waals surface area contributed by atoms with Crippen LogP contribution in [0.5, 0.6) is 0 Å². The molecule has 1 heterocycles. The van der Waals surface area contributed by atoms with Gasteiger partial charge in [0.2, 0.25) is 0 Å². The van der Waals surface area contributed by atoms with E-state index in [4.69, 9.17) is 9.47 Å². The number of pyridine rings is 1. The van der Waals surface area contributed by atoms with Crippen molar-refractivity contribution in [3.63, 3.8) is 0 Å². The van der Waals surface area contributed by atoms with Crippen molar-refractivity contribution < 1.29 is 9.47 Å². The monoisotopic (exact) mass is 260 g/mol. The Labute approximate surface area is 113 Å². The summed E-state index contributed by atoms with van der Waals surface area (Å²) in [5.41, 5.74) is 1.26. The number of hydrogen-bond acceptors (Lipinski definition) is 4. The van der Waals surface area contributed by atoms with Crippen molar-refractivity contribution in [2.24, 2.45) is 0 Å². The highest BCUT2D eigenvalue weighted by Gasteiger charge is 2.05. The molecule has 1 unspecified atom stereocenters. The third kappa shape index (κ3) is 3.99. The molecule has 1 atom stereocenters. The van der Waals surface area contributed by atoms with Gasteiger partial charge in [-0.05, 0) is 23.1 Å². The number of benzene rings is 1. The average Bonchev–Trinajstić information content (AvgIpc) is 2.46. The third-order valence-electron chi connectivity index (χ3n) is 3.09. The topological polar surface area (TPSA) is 43.4 Å². The summed E-state index contributed by atoms with van der Waals surface area (Å²) in [4.78, 5) is 4.11. The van der Waals surface area contributed by atoms with Crippen molar-refractivity contribution in [1.29, 1.82) is 0 Å². The first-order chi connectivity index (χ1) is 9.33. The fourth-order valence-electron chi connectivity index (χ4n) is 2.02. The number of fused-ring (bicyclic) bond motifs is 1. The lowest BCUT2D eigenvalue weighted by Crippen LogP contribution is -2.31. The van der Waals surface area contributed by atoms with Gasteiger partial charge in [-0.2, -0.15) is 0 Å². The number of nitrogens with zero attached hydrogens (tertiary/aromatic N) is 1. The average molecular weight is 260 g/mol. The number of nitrogens with one attached hydrogen (secondary N) is 1. The predicted molar refractivity (Wildman–Crippen MR) is 76.1 cm³/mol. The Hall–Kier alpha value is -1.49. The Balaban J connectivity index is 1.90. The molecule has 4 heteroatoms. The van der Waals surface area contributed by atoms with Crippen LogP contribution in [0.15, 0.2) is 36.7 Å². The maximum absolute atomic E-state index is 5.30. The molecule has 0 amide bonds. The molecule has 0 spiro atoms. The molecule has 1 aromatic heterocycles. The van der Waals surface area contributed by atoms with Gasteiger partial charge in [-0.15, -0.1) is 0 Å². The van der Waals surface area contributed by atoms with Gasteiger partial charge in [0, 0.05) is 45.1 Å². The SMILES string of the molecule is COCC(CNCc1ccc2cnccc2c1)OC. The summed E-state index contributed by atoms with van der Waals surface area (Å²) in [5.74, 6) is 0. The van der Waals surface area contributed by atoms with Gasteiger partial charge in [-0.1, -0.05) is 12.1 Å². The molecule has 2 aromatic rings. The molecule has 0 fully saturated rings. The van der Waals surface area contributed by atoms with E-state index >= 15 is 0 Å². The number of methoxy groups -OCH3 is 2. The maximum Gasteiger partial charge on any atom is 0.0928 e. The van der Waals surface area contributed by atoms with Crippen LogP contribution in [0.1, 0.15) is 5.56 Å². The second-order valence-electron chi connectivity index (χ2n) is 4.50. The van der Waals surface area contributed by atoms with Crippen LogP contribution in [-0.2, 0) is 16.0 Å². The predicted octanol–water partition coefficient (Wildman–Crippen LogP) is 1.99. The zero-order chi connectivity index (χ0) is 13.5. The standard InChI is InChI=1S/C15H20N2O2/c1-18-11-15(19-2)10-17-8-12-3-4-14-9-16-6-5-13(14)7-12/h3-7,9,15,17H,8,10-11H2,1-2H3. The molecule has 0 aliphatic carbocycles. The van der Waals surface area contributed by atoms with Crippen LogP contribution in [0.2, 0.25) is 0 Å². The van der Waals surface area contributed by atoms with Crippen molar-refractivity contribution in [1.82, 2.24) is 10.3 Å². The van der Waals surface area contributed by atoms with Crippen molar-refractivity contribution >= 4 is 10.8 Å². The van der Waals surface area contributed by atoms with Gasteiger partial charge in [0.25, 0.3) is 0 Å². The van der Waals surface area contributed by atoms with Gasteiger partial charge in [0.15, 0.2) is 0 Å². The highest BCUT2D eigenvalue weighted by Crippen LogP contribution is 2.14. The molecule has 0 saturated carbocycles. The van der Waals surface area contributed by atoms with E-state index in [0.717, 1.165) is 13.1 Å². The van der Waals surface area contributed by atoms with E-state index in [9.17, 15) is 0 Å². The Morgan fingerprint density at radius 1 is 1.21 bits per heavy atom. The molecule has 19 heavy (non-hydrogen) atoms. The van der Waals surface area contributed by atoms with Crippen LogP contribution in [0.25, 0.3) is 10.8 Å². The Kier molecular flexibility index (Phi) is 5.27. The largest absolute Gasteiger partial charge is 0.382 e. The summed E-state index contributed by atoms with van der Waals surface area (Å²) >= 11 is 0. The minimum atomic E-state index is 0.0923. The summed E-state index contributed by atoms with van der Waals surface area (Å²) in [6, 6.07) is 8.43. The fourth-order valence-corrected chi connectivity index (χ4v) is 2.02. The summed E-state index contributed by atoms with van der Waals surface area (Å²) in [6.07, 6.45) is 3.79. The summed E-state index contributed by atoms with van der Waals surface area (Å²) in [6.45, 7) is 2.20. The highest BCUT2D eigenvalue weighted by molar-refractivity contribution is 5.81. The molecule has 2 rings (SSSR count). The molecule has 0 bridgehead atoms. The van der Waals surface area contributed by atoms with Crippen LogP contribution in [0.3, 0.4) is 0 Å². The van der Waals surface area contributed by atoms with E-state index in [1.165, 1.54) is 16.3 Å². The van der Waals surface area contributed by atoms with E-state index in [0.29, 0.717) is 6.61 Å². The van der Waals surface area contributed by atoms with Gasteiger partial charge < -0.3 is 14.8 Å². The molecule has 0 radical (unpaired) electrons. The van der Waals surface area contributed by atoms with Crippen LogP contribution in [-0.4, -0.2) is 38.5 Å². The summed E-state index contributed by atoms with van der Waals surface area (Å²) in [5, 5.41) is 5.77. The molecule has 0 aliphatic heterocycles. The molecule has 0 saturated heterocycles. The Morgan fingerprint density at radius 2 is 2.11 bits per heavy atom. The third-order valence-corrected chi connectivity index (χ3v) is 3.09. The van der Waals surface area contributed by atoms with Crippen molar-refractivity contribution in [3.8, 4) is 0 Å². The van der Waals surface area contributed by atoms with E-state index in [-0.39, 0.29) is 6.10 Å². The zero-order valence-corrected chi connectivity index (χ0v) is 11.4. The number of rotatable bonds is 7. The molecule has 102 valence electrons. The van der Waals surface area contributed by atoms with Crippen molar-refractivity contribution in [3.05, 3.63) is 42.2 Å². The Bertz CT molecular complexity index is 516. The zero-order valence-electron chi connectivity index (χ0n) is 11.4. The lowest BCUT2D eigenvalue weighted by molar-refractivity contribution is 0.0288. The maximum atomic E-state index is 5.30. The molecule has 0 aliphatic rings. The Morgan fingerprint density at radius 3 is 2.89 bits per heavy atom. The summed E-state index contributed by atoms with van der Waals surface area (Å²) < 4.78 is 10.4. The van der Waals surface area contributed by atoms with E-state index in [1.807, 2.05) is 18.5 Å². The number of ether oxygens (including phenoxy) is 2. The smallest absolute Gasteiger partial charge is 0.0928 e. The molecule has 4 nitrogen and oxygen atoms in total. The molecule has 1 aromatic carbocycles. The van der Waals surface area contributed by atoms with E-state index in [2.05, 4.69) is 28.5 Å². The van der Waals surface area contributed by atoms with Crippen LogP contribution >= 0.6 is 0 Å². The first kappa shape index (κ1) is 13.9. The van der Waals surface area contributed by atoms with Crippen molar-refractivity contribution in [2.45, 2.75) is 12.6 Å². The minimum absolute atomic E-state index is 0.0923. The number of hydrogen-bond donors (Lipinski definition) is 1. The minimum Gasteiger partial charge on any atom is -0.382 e. The summed E-state index contributed by atoms with van der Waals surface area (Å²) in [7, 11) is 3.39. The molecular formula is C15H20N2O2. The first-order valence-corrected chi connectivity index (χ1v) is 6.38. The van der Waals surface area contributed by atoms with E-state index in [1.54, 1.807) is 14.2 Å². The quantitative estimate of drug-likeness (QED) is 0.826. The van der Waals surface area contributed by atoms with Gasteiger partial charge in [0.05, 0.1) is 12.7 Å². The highest BCUT2D eigenvalue weighted by atomic mass is 16.5. The van der Waals surface area contributed by atoms with Crippen LogP contribution < -0.4 is 5.32 Å².